The molecule has 0 aromatic rings. The minimum Gasteiger partial charge on any atom is -0.468 e. The van der Waals surface area contributed by atoms with Gasteiger partial charge in [-0.05, 0) is 0 Å². The Labute approximate surface area is 139 Å². The molecule has 0 saturated carbocycles. The maximum Gasteiger partial charge on any atom is 0.324 e. The first-order valence-corrected chi connectivity index (χ1v) is 7.15. The standard InChI is InChI=1S/C14H22N2O8/c1-21-11(17)7-15-5-10(14(20)24-4)16(8-12(18)22-2)6-9(15)13(19)23-3/h9-10H,5-8H2,1-4H3/t9-,10-/m0/s1. The Morgan fingerprint density at radius 3 is 1.29 bits per heavy atom. The Morgan fingerprint density at radius 2 is 1.04 bits per heavy atom. The van der Waals surface area contributed by atoms with E-state index in [1.165, 1.54) is 38.2 Å². The average molecular weight is 346 g/mol. The summed E-state index contributed by atoms with van der Waals surface area (Å²) in [6.45, 7) is -0.400. The van der Waals surface area contributed by atoms with E-state index < -0.39 is 36.0 Å². The van der Waals surface area contributed by atoms with Crippen molar-refractivity contribution in [1.29, 1.82) is 0 Å². The van der Waals surface area contributed by atoms with E-state index in [0.29, 0.717) is 0 Å². The van der Waals surface area contributed by atoms with Crippen molar-refractivity contribution >= 4 is 23.9 Å². The lowest BCUT2D eigenvalue weighted by Crippen LogP contribution is -2.64. The topological polar surface area (TPSA) is 112 Å². The summed E-state index contributed by atoms with van der Waals surface area (Å²) in [6, 6.07) is -1.67. The number of carbonyl (C=O) groups is 4. The number of nitrogens with zero attached hydrogens (tertiary/aromatic N) is 2. The van der Waals surface area contributed by atoms with Crippen LogP contribution in [-0.2, 0) is 38.1 Å². The lowest BCUT2D eigenvalue weighted by molar-refractivity contribution is -0.164. The van der Waals surface area contributed by atoms with Gasteiger partial charge >= 0.3 is 23.9 Å². The monoisotopic (exact) mass is 346 g/mol. The zero-order chi connectivity index (χ0) is 18.3. The lowest BCUT2D eigenvalue weighted by Gasteiger charge is -2.42. The molecule has 136 valence electrons. The highest BCUT2D eigenvalue weighted by atomic mass is 16.5. The minimum absolute atomic E-state index is 0.00145. The zero-order valence-corrected chi connectivity index (χ0v) is 14.1. The van der Waals surface area contributed by atoms with Crippen molar-refractivity contribution in [3.05, 3.63) is 0 Å². The Hall–Kier alpha value is -2.20. The fourth-order valence-electron chi connectivity index (χ4n) is 2.46. The Morgan fingerprint density at radius 1 is 0.708 bits per heavy atom. The van der Waals surface area contributed by atoms with Crippen LogP contribution in [0.3, 0.4) is 0 Å². The van der Waals surface area contributed by atoms with E-state index in [1.54, 1.807) is 0 Å². The summed E-state index contributed by atoms with van der Waals surface area (Å²) in [7, 11) is 4.88. The van der Waals surface area contributed by atoms with Crippen LogP contribution in [0, 0.1) is 0 Å². The molecule has 1 heterocycles. The number of esters is 4. The van der Waals surface area contributed by atoms with E-state index in [0.717, 1.165) is 0 Å². The fraction of sp³-hybridized carbons (Fsp3) is 0.714. The number of piperazine rings is 1. The molecule has 10 heteroatoms. The van der Waals surface area contributed by atoms with Crippen molar-refractivity contribution in [3.8, 4) is 0 Å². The fourth-order valence-corrected chi connectivity index (χ4v) is 2.46. The predicted molar refractivity (Wildman–Crippen MR) is 78.8 cm³/mol. The molecule has 0 spiro atoms. The van der Waals surface area contributed by atoms with Crippen molar-refractivity contribution in [3.63, 3.8) is 0 Å². The number of carbonyl (C=O) groups excluding carboxylic acids is 4. The van der Waals surface area contributed by atoms with Gasteiger partial charge in [0.15, 0.2) is 0 Å². The van der Waals surface area contributed by atoms with Crippen molar-refractivity contribution < 1.29 is 38.1 Å². The summed E-state index contributed by atoms with van der Waals surface area (Å²) in [6.07, 6.45) is 0. The third-order valence-electron chi connectivity index (χ3n) is 3.76. The lowest BCUT2D eigenvalue weighted by atomic mass is 10.1. The van der Waals surface area contributed by atoms with Gasteiger partial charge in [-0.25, -0.2) is 0 Å². The summed E-state index contributed by atoms with van der Waals surface area (Å²) in [5.74, 6) is -2.29. The van der Waals surface area contributed by atoms with Crippen LogP contribution in [0.15, 0.2) is 0 Å². The molecule has 1 fully saturated rings. The van der Waals surface area contributed by atoms with Crippen LogP contribution in [-0.4, -0.2) is 100 Å². The molecule has 2 atom stereocenters. The van der Waals surface area contributed by atoms with Crippen molar-refractivity contribution in [2.45, 2.75) is 12.1 Å². The van der Waals surface area contributed by atoms with Crippen LogP contribution < -0.4 is 0 Å². The SMILES string of the molecule is COC(=O)CN1C[C@@H](C(=O)OC)N(CC(=O)OC)C[C@H]1C(=O)OC. The summed E-state index contributed by atoms with van der Waals surface area (Å²) < 4.78 is 18.7. The van der Waals surface area contributed by atoms with Gasteiger partial charge in [-0.2, -0.15) is 0 Å². The first kappa shape index (κ1) is 19.8. The first-order valence-electron chi connectivity index (χ1n) is 7.15. The molecule has 0 amide bonds. The van der Waals surface area contributed by atoms with Crippen LogP contribution in [0.5, 0.6) is 0 Å². The molecule has 0 N–H and O–H groups in total. The van der Waals surface area contributed by atoms with Crippen LogP contribution in [0.25, 0.3) is 0 Å². The molecule has 1 rings (SSSR count). The quantitative estimate of drug-likeness (QED) is 0.397. The van der Waals surface area contributed by atoms with Crippen molar-refractivity contribution in [2.75, 3.05) is 54.6 Å². The van der Waals surface area contributed by atoms with Crippen LogP contribution in [0.2, 0.25) is 0 Å². The molecular weight excluding hydrogens is 324 g/mol. The molecule has 24 heavy (non-hydrogen) atoms. The Kier molecular flexibility index (Phi) is 7.59. The highest BCUT2D eigenvalue weighted by Crippen LogP contribution is 2.18. The number of ether oxygens (including phenoxy) is 4. The molecule has 10 nitrogen and oxygen atoms in total. The van der Waals surface area contributed by atoms with Crippen molar-refractivity contribution in [1.82, 2.24) is 9.80 Å². The van der Waals surface area contributed by atoms with Gasteiger partial charge in [-0.1, -0.05) is 0 Å². The van der Waals surface area contributed by atoms with Crippen LogP contribution in [0.1, 0.15) is 0 Å². The van der Waals surface area contributed by atoms with Gasteiger partial charge < -0.3 is 18.9 Å². The van der Waals surface area contributed by atoms with Gasteiger partial charge in [0.2, 0.25) is 0 Å². The molecule has 1 aliphatic rings. The highest BCUT2D eigenvalue weighted by molar-refractivity contribution is 5.81. The van der Waals surface area contributed by atoms with Gasteiger partial charge in [-0.15, -0.1) is 0 Å². The third kappa shape index (κ3) is 4.90. The molecule has 0 aromatic carbocycles. The van der Waals surface area contributed by atoms with Gasteiger partial charge in [-0.3, -0.25) is 29.0 Å². The zero-order valence-electron chi connectivity index (χ0n) is 14.1. The van der Waals surface area contributed by atoms with E-state index in [4.69, 9.17) is 9.47 Å². The molecule has 0 unspecified atom stereocenters. The Bertz CT molecular complexity index is 451. The average Bonchev–Trinajstić information content (AvgIpc) is 2.60. The Balaban J connectivity index is 3.05. The first-order chi connectivity index (χ1) is 11.4. The molecule has 0 aliphatic carbocycles. The van der Waals surface area contributed by atoms with E-state index in [9.17, 15) is 19.2 Å². The molecule has 1 saturated heterocycles. The van der Waals surface area contributed by atoms with Gasteiger partial charge in [0.1, 0.15) is 12.1 Å². The maximum atomic E-state index is 12.0. The van der Waals surface area contributed by atoms with Gasteiger partial charge in [0.25, 0.3) is 0 Å². The number of methoxy groups -OCH3 is 4. The number of rotatable bonds is 6. The normalized spacial score (nSPS) is 21.7. The third-order valence-corrected chi connectivity index (χ3v) is 3.76. The summed E-state index contributed by atoms with van der Waals surface area (Å²) in [4.78, 5) is 50.1. The highest BCUT2D eigenvalue weighted by Gasteiger charge is 2.43. The molecular formula is C14H22N2O8. The largest absolute Gasteiger partial charge is 0.468 e. The second-order valence-electron chi connectivity index (χ2n) is 5.09. The number of hydrogen-bond acceptors (Lipinski definition) is 10. The smallest absolute Gasteiger partial charge is 0.324 e. The second kappa shape index (κ2) is 9.18. The van der Waals surface area contributed by atoms with Crippen LogP contribution >= 0.6 is 0 Å². The second-order valence-corrected chi connectivity index (χ2v) is 5.09. The van der Waals surface area contributed by atoms with E-state index in [-0.39, 0.29) is 26.2 Å². The molecule has 0 aromatic heterocycles. The minimum atomic E-state index is -0.834. The molecule has 0 radical (unpaired) electrons. The van der Waals surface area contributed by atoms with E-state index in [2.05, 4.69) is 9.47 Å². The van der Waals surface area contributed by atoms with Crippen molar-refractivity contribution in [2.24, 2.45) is 0 Å². The molecule has 1 aliphatic heterocycles. The van der Waals surface area contributed by atoms with E-state index in [1.807, 2.05) is 0 Å². The predicted octanol–water partition coefficient (Wildman–Crippen LogP) is -1.97. The van der Waals surface area contributed by atoms with E-state index >= 15 is 0 Å². The summed E-state index contributed by atoms with van der Waals surface area (Å²) >= 11 is 0. The number of hydrogen-bond donors (Lipinski definition) is 0. The van der Waals surface area contributed by atoms with Gasteiger partial charge in [0, 0.05) is 13.1 Å². The maximum absolute atomic E-state index is 12.0. The summed E-state index contributed by atoms with van der Waals surface area (Å²) in [5, 5.41) is 0. The van der Waals surface area contributed by atoms with Crippen LogP contribution in [0.4, 0.5) is 0 Å². The molecule has 0 bridgehead atoms. The summed E-state index contributed by atoms with van der Waals surface area (Å²) in [5.41, 5.74) is 0. The van der Waals surface area contributed by atoms with Gasteiger partial charge in [0.05, 0.1) is 41.5 Å².